The molecule has 0 spiro atoms. The van der Waals surface area contributed by atoms with E-state index in [1.54, 1.807) is 0 Å². The Balaban J connectivity index is 1.66. The minimum Gasteiger partial charge on any atom is -0.374 e. The average Bonchev–Trinajstić information content (AvgIpc) is 2.74. The van der Waals surface area contributed by atoms with Crippen molar-refractivity contribution >= 4 is 0 Å². The molecule has 4 heteroatoms. The van der Waals surface area contributed by atoms with Crippen molar-refractivity contribution in [3.05, 3.63) is 30.1 Å². The predicted molar refractivity (Wildman–Crippen MR) is 72.8 cm³/mol. The van der Waals surface area contributed by atoms with E-state index in [-0.39, 0.29) is 12.2 Å². The number of nitrogens with zero attached hydrogens (tertiary/aromatic N) is 2. The second kappa shape index (κ2) is 5.99. The second-order valence-electron chi connectivity index (χ2n) is 5.31. The van der Waals surface area contributed by atoms with Crippen molar-refractivity contribution in [1.29, 1.82) is 0 Å². The molecule has 2 heterocycles. The van der Waals surface area contributed by atoms with Gasteiger partial charge in [-0.05, 0) is 37.1 Å². The number of rotatable bonds is 4. The van der Waals surface area contributed by atoms with E-state index in [1.165, 1.54) is 12.0 Å². The molecule has 0 N–H and O–H groups in total. The van der Waals surface area contributed by atoms with Crippen LogP contribution >= 0.6 is 0 Å². The highest BCUT2D eigenvalue weighted by atomic mass is 16.5. The van der Waals surface area contributed by atoms with Gasteiger partial charge < -0.3 is 9.47 Å². The Labute approximate surface area is 114 Å². The molecule has 4 nitrogen and oxygen atoms in total. The van der Waals surface area contributed by atoms with Gasteiger partial charge in [-0.1, -0.05) is 6.92 Å². The first kappa shape index (κ1) is 13.0. The number of hydrogen-bond acceptors (Lipinski definition) is 4. The Bertz CT molecular complexity index is 398. The maximum absolute atomic E-state index is 6.17. The number of fused-ring (bicyclic) bond motifs is 2. The van der Waals surface area contributed by atoms with Crippen molar-refractivity contribution in [1.82, 2.24) is 9.88 Å². The fraction of sp³-hybridized carbons (Fsp3) is 0.667. The van der Waals surface area contributed by atoms with Crippen molar-refractivity contribution in [2.24, 2.45) is 0 Å². The molecule has 104 valence electrons. The van der Waals surface area contributed by atoms with Gasteiger partial charge in [0.05, 0.1) is 25.4 Å². The molecule has 0 amide bonds. The van der Waals surface area contributed by atoms with E-state index in [4.69, 9.17) is 9.47 Å². The maximum Gasteiger partial charge on any atom is 0.0995 e. The summed E-state index contributed by atoms with van der Waals surface area (Å²) in [7, 11) is 0. The topological polar surface area (TPSA) is 34.6 Å². The number of likely N-dealkylation sites (N-methyl/N-ethyl adjacent to an activating group) is 1. The third-order valence-corrected chi connectivity index (χ3v) is 4.27. The lowest BCUT2D eigenvalue weighted by Gasteiger charge is -2.30. The molecule has 1 aliphatic carbocycles. The minimum absolute atomic E-state index is 0.218. The van der Waals surface area contributed by atoms with Gasteiger partial charge in [-0.2, -0.15) is 0 Å². The van der Waals surface area contributed by atoms with Crippen molar-refractivity contribution in [3.63, 3.8) is 0 Å². The van der Waals surface area contributed by atoms with Gasteiger partial charge in [0.1, 0.15) is 0 Å². The van der Waals surface area contributed by atoms with Crippen LogP contribution in [0.25, 0.3) is 0 Å². The van der Waals surface area contributed by atoms with Crippen LogP contribution in [0.15, 0.2) is 24.5 Å². The standard InChI is InChI=1S/C15H22N2O2/c1-2-17-9-10-18-14-4-3-13(17)15(14)19-11-12-5-7-16-8-6-12/h5-8,13-15H,2-4,9-11H2,1H3. The van der Waals surface area contributed by atoms with Crippen LogP contribution in [-0.4, -0.2) is 47.8 Å². The highest BCUT2D eigenvalue weighted by Crippen LogP contribution is 2.32. The molecule has 1 aromatic heterocycles. The molecule has 1 aliphatic heterocycles. The first-order chi connectivity index (χ1) is 9.38. The van der Waals surface area contributed by atoms with Crippen molar-refractivity contribution in [3.8, 4) is 0 Å². The molecule has 3 atom stereocenters. The fourth-order valence-corrected chi connectivity index (χ4v) is 3.25. The Morgan fingerprint density at radius 1 is 1.37 bits per heavy atom. The van der Waals surface area contributed by atoms with Crippen LogP contribution in [0, 0.1) is 0 Å². The van der Waals surface area contributed by atoms with Crippen LogP contribution in [0.2, 0.25) is 0 Å². The summed E-state index contributed by atoms with van der Waals surface area (Å²) in [6, 6.07) is 4.55. The summed E-state index contributed by atoms with van der Waals surface area (Å²) in [5.41, 5.74) is 1.18. The molecule has 19 heavy (non-hydrogen) atoms. The highest BCUT2D eigenvalue weighted by Gasteiger charge is 2.42. The Hall–Kier alpha value is -0.970. The van der Waals surface area contributed by atoms with E-state index >= 15 is 0 Å². The second-order valence-corrected chi connectivity index (χ2v) is 5.31. The van der Waals surface area contributed by atoms with E-state index in [0.29, 0.717) is 12.6 Å². The molecule has 3 rings (SSSR count). The van der Waals surface area contributed by atoms with Crippen LogP contribution in [0.1, 0.15) is 25.3 Å². The quantitative estimate of drug-likeness (QED) is 0.829. The van der Waals surface area contributed by atoms with Gasteiger partial charge in [0.2, 0.25) is 0 Å². The van der Waals surface area contributed by atoms with Crippen LogP contribution in [0.5, 0.6) is 0 Å². The first-order valence-electron chi connectivity index (χ1n) is 7.24. The molecule has 0 radical (unpaired) electrons. The van der Waals surface area contributed by atoms with Crippen molar-refractivity contribution in [2.45, 2.75) is 44.6 Å². The molecule has 0 aromatic carbocycles. The molecular weight excluding hydrogens is 240 g/mol. The monoisotopic (exact) mass is 262 g/mol. The Morgan fingerprint density at radius 2 is 2.21 bits per heavy atom. The zero-order valence-electron chi connectivity index (χ0n) is 11.5. The van der Waals surface area contributed by atoms with E-state index in [2.05, 4.69) is 16.8 Å². The number of ether oxygens (including phenoxy) is 2. The van der Waals surface area contributed by atoms with Gasteiger partial charge in [-0.3, -0.25) is 9.88 Å². The zero-order chi connectivity index (χ0) is 13.1. The van der Waals surface area contributed by atoms with Crippen LogP contribution in [-0.2, 0) is 16.1 Å². The maximum atomic E-state index is 6.17. The lowest BCUT2D eigenvalue weighted by molar-refractivity contribution is -0.0608. The molecule has 2 bridgehead atoms. The lowest BCUT2D eigenvalue weighted by atomic mass is 10.1. The number of pyridine rings is 1. The summed E-state index contributed by atoms with van der Waals surface area (Å²) in [5.74, 6) is 0. The number of hydrogen-bond donors (Lipinski definition) is 0. The SMILES string of the molecule is CCN1CCOC2CCC1C2OCc1ccncc1. The smallest absolute Gasteiger partial charge is 0.0995 e. The summed E-state index contributed by atoms with van der Waals surface area (Å²) in [4.78, 5) is 6.54. The Morgan fingerprint density at radius 3 is 3.00 bits per heavy atom. The average molecular weight is 262 g/mol. The van der Waals surface area contributed by atoms with Crippen molar-refractivity contribution < 1.29 is 9.47 Å². The van der Waals surface area contributed by atoms with Gasteiger partial charge in [-0.25, -0.2) is 0 Å². The fourth-order valence-electron chi connectivity index (χ4n) is 3.25. The molecule has 2 aliphatic rings. The molecular formula is C15H22N2O2. The molecule has 1 saturated carbocycles. The summed E-state index contributed by atoms with van der Waals surface area (Å²) in [5, 5.41) is 0. The van der Waals surface area contributed by atoms with E-state index in [0.717, 1.165) is 26.1 Å². The highest BCUT2D eigenvalue weighted by molar-refractivity contribution is 5.08. The summed E-state index contributed by atoms with van der Waals surface area (Å²) >= 11 is 0. The van der Waals surface area contributed by atoms with Crippen LogP contribution in [0.4, 0.5) is 0 Å². The summed E-state index contributed by atoms with van der Waals surface area (Å²) < 4.78 is 12.1. The minimum atomic E-state index is 0.218. The normalized spacial score (nSPS) is 31.3. The van der Waals surface area contributed by atoms with Gasteiger partial charge in [-0.15, -0.1) is 0 Å². The van der Waals surface area contributed by atoms with Crippen molar-refractivity contribution in [2.75, 3.05) is 19.7 Å². The molecule has 3 unspecified atom stereocenters. The molecule has 1 aromatic rings. The molecule has 2 fully saturated rings. The van der Waals surface area contributed by atoms with Gasteiger partial charge in [0.15, 0.2) is 0 Å². The van der Waals surface area contributed by atoms with E-state index in [9.17, 15) is 0 Å². The third kappa shape index (κ3) is 2.81. The lowest BCUT2D eigenvalue weighted by Crippen LogP contribution is -2.43. The third-order valence-electron chi connectivity index (χ3n) is 4.27. The Kier molecular flexibility index (Phi) is 4.11. The van der Waals surface area contributed by atoms with Gasteiger partial charge >= 0.3 is 0 Å². The largest absolute Gasteiger partial charge is 0.374 e. The zero-order valence-corrected chi connectivity index (χ0v) is 11.5. The predicted octanol–water partition coefficient (Wildman–Crippen LogP) is 1.85. The first-order valence-corrected chi connectivity index (χ1v) is 7.24. The van der Waals surface area contributed by atoms with Crippen LogP contribution < -0.4 is 0 Å². The van der Waals surface area contributed by atoms with Gasteiger partial charge in [0, 0.05) is 25.0 Å². The van der Waals surface area contributed by atoms with Gasteiger partial charge in [0.25, 0.3) is 0 Å². The van der Waals surface area contributed by atoms with Crippen LogP contribution in [0.3, 0.4) is 0 Å². The number of aromatic nitrogens is 1. The molecule has 1 saturated heterocycles. The summed E-state index contributed by atoms with van der Waals surface area (Å²) in [6.07, 6.45) is 6.45. The summed E-state index contributed by atoms with van der Waals surface area (Å²) in [6.45, 7) is 5.83. The van der Waals surface area contributed by atoms with E-state index in [1.807, 2.05) is 24.5 Å². The van der Waals surface area contributed by atoms with E-state index < -0.39 is 0 Å².